The van der Waals surface area contributed by atoms with Crippen molar-refractivity contribution in [1.82, 2.24) is 15.2 Å². The highest BCUT2D eigenvalue weighted by atomic mass is 32.2. The summed E-state index contributed by atoms with van der Waals surface area (Å²) in [5, 5.41) is 4.77. The van der Waals surface area contributed by atoms with Gasteiger partial charge in [0.15, 0.2) is 6.61 Å². The first-order valence-corrected chi connectivity index (χ1v) is 11.9. The van der Waals surface area contributed by atoms with Crippen molar-refractivity contribution in [3.05, 3.63) is 58.8 Å². The van der Waals surface area contributed by atoms with E-state index in [0.29, 0.717) is 17.0 Å². The van der Waals surface area contributed by atoms with E-state index in [1.54, 1.807) is 42.7 Å². The number of pyridine rings is 1. The fraction of sp³-hybridized carbons (Fsp3) is 0.182. The van der Waals surface area contributed by atoms with Gasteiger partial charge in [0.1, 0.15) is 0 Å². The molecular weight excluding hydrogens is 480 g/mol. The number of imide groups is 1. The highest BCUT2D eigenvalue weighted by Gasteiger charge is 2.34. The number of benzene rings is 1. The van der Waals surface area contributed by atoms with E-state index in [9.17, 15) is 24.0 Å². The Kier molecular flexibility index (Phi) is 7.28. The van der Waals surface area contributed by atoms with E-state index in [1.165, 1.54) is 17.8 Å². The van der Waals surface area contributed by atoms with Gasteiger partial charge in [-0.2, -0.15) is 0 Å². The van der Waals surface area contributed by atoms with Crippen LogP contribution in [-0.4, -0.2) is 64.3 Å². The molecule has 2 aliphatic rings. The minimum atomic E-state index is -0.714. The smallest absolute Gasteiger partial charge is 0.338 e. The van der Waals surface area contributed by atoms with Gasteiger partial charge in [0, 0.05) is 30.4 Å². The number of esters is 1. The Labute approximate surface area is 202 Å². The van der Waals surface area contributed by atoms with Crippen molar-refractivity contribution in [1.29, 1.82) is 0 Å². The van der Waals surface area contributed by atoms with E-state index in [0.717, 1.165) is 21.6 Å². The highest BCUT2D eigenvalue weighted by Crippen LogP contribution is 2.32. The van der Waals surface area contributed by atoms with Crippen molar-refractivity contribution in [3.63, 3.8) is 0 Å². The summed E-state index contributed by atoms with van der Waals surface area (Å²) in [6, 6.07) is 8.25. The number of hydrogen-bond donors (Lipinski definition) is 2. The Hall–Kier alpha value is -3.64. The minimum absolute atomic E-state index is 0.0106. The zero-order valence-electron chi connectivity index (χ0n) is 17.6. The second kappa shape index (κ2) is 10.5. The molecule has 1 saturated heterocycles. The molecule has 0 radical (unpaired) electrons. The zero-order chi connectivity index (χ0) is 24.1. The number of nitrogens with zero attached hydrogens (tertiary/aromatic N) is 2. The van der Waals surface area contributed by atoms with Crippen LogP contribution in [0.3, 0.4) is 0 Å². The summed E-state index contributed by atoms with van der Waals surface area (Å²) >= 11 is 2.19. The maximum absolute atomic E-state index is 12.5. The van der Waals surface area contributed by atoms with Crippen LogP contribution in [0.1, 0.15) is 15.9 Å². The van der Waals surface area contributed by atoms with Crippen molar-refractivity contribution in [2.75, 3.05) is 30.8 Å². The molecule has 4 amide bonds. The number of aromatic nitrogens is 1. The maximum atomic E-state index is 12.5. The SMILES string of the molecule is O=C(COC(=O)c1ccc2c(c1)NC(=O)CS2)NCCN1C(=O)S/C(=C\c2cccnc2)C1=O. The van der Waals surface area contributed by atoms with Crippen LogP contribution in [0.2, 0.25) is 0 Å². The van der Waals surface area contributed by atoms with Crippen molar-refractivity contribution in [2.24, 2.45) is 0 Å². The molecule has 2 aliphatic heterocycles. The van der Waals surface area contributed by atoms with Gasteiger partial charge in [0.25, 0.3) is 17.1 Å². The quantitative estimate of drug-likeness (QED) is 0.435. The van der Waals surface area contributed by atoms with Gasteiger partial charge in [-0.1, -0.05) is 6.07 Å². The molecule has 1 fully saturated rings. The second-order valence-corrected chi connectivity index (χ2v) is 9.10. The standard InChI is InChI=1S/C22H18N4O6S2/c27-18(11-32-21(30)14-3-4-16-15(9-14)25-19(28)12-33-16)24-6-7-26-20(29)17(34-22(26)31)8-13-2-1-5-23-10-13/h1-5,8-10H,6-7,11-12H2,(H,24,27)(H,25,28)/b17-8-. The highest BCUT2D eigenvalue weighted by molar-refractivity contribution is 8.18. The van der Waals surface area contributed by atoms with Gasteiger partial charge < -0.3 is 15.4 Å². The normalized spacial score (nSPS) is 16.3. The number of rotatable bonds is 7. The molecule has 12 heteroatoms. The first-order chi connectivity index (χ1) is 16.4. The molecule has 0 bridgehead atoms. The Morgan fingerprint density at radius 1 is 1.24 bits per heavy atom. The molecule has 0 unspecified atom stereocenters. The molecule has 2 aromatic rings. The second-order valence-electron chi connectivity index (χ2n) is 7.09. The van der Waals surface area contributed by atoms with Gasteiger partial charge >= 0.3 is 5.97 Å². The lowest BCUT2D eigenvalue weighted by atomic mass is 10.2. The number of carbonyl (C=O) groups is 5. The van der Waals surface area contributed by atoms with Crippen molar-refractivity contribution in [3.8, 4) is 0 Å². The number of ether oxygens (including phenoxy) is 1. The predicted octanol–water partition coefficient (Wildman–Crippen LogP) is 2.14. The fourth-order valence-electron chi connectivity index (χ4n) is 3.09. The summed E-state index contributed by atoms with van der Waals surface area (Å²) in [4.78, 5) is 66.5. The number of carbonyl (C=O) groups excluding carboxylic acids is 5. The van der Waals surface area contributed by atoms with Crippen LogP contribution in [0.5, 0.6) is 0 Å². The minimum Gasteiger partial charge on any atom is -0.452 e. The Balaban J connectivity index is 1.23. The predicted molar refractivity (Wildman–Crippen MR) is 126 cm³/mol. The summed E-state index contributed by atoms with van der Waals surface area (Å²) in [5.41, 5.74) is 1.42. The molecule has 4 rings (SSSR count). The molecule has 1 aromatic heterocycles. The van der Waals surface area contributed by atoms with Crippen LogP contribution in [0, 0.1) is 0 Å². The van der Waals surface area contributed by atoms with Gasteiger partial charge in [0.05, 0.1) is 21.9 Å². The van der Waals surface area contributed by atoms with Gasteiger partial charge in [0.2, 0.25) is 5.91 Å². The molecule has 10 nitrogen and oxygen atoms in total. The molecule has 2 N–H and O–H groups in total. The monoisotopic (exact) mass is 498 g/mol. The molecule has 1 aromatic carbocycles. The average molecular weight is 499 g/mol. The molecule has 174 valence electrons. The van der Waals surface area contributed by atoms with E-state index < -0.39 is 29.6 Å². The van der Waals surface area contributed by atoms with Crippen LogP contribution in [-0.2, 0) is 19.1 Å². The largest absolute Gasteiger partial charge is 0.452 e. The maximum Gasteiger partial charge on any atom is 0.338 e. The fourth-order valence-corrected chi connectivity index (χ4v) is 4.74. The molecule has 0 atom stereocenters. The number of hydrogen-bond acceptors (Lipinski definition) is 9. The third-order valence-electron chi connectivity index (χ3n) is 4.70. The molecular formula is C22H18N4O6S2. The third kappa shape index (κ3) is 5.64. The van der Waals surface area contributed by atoms with E-state index in [4.69, 9.17) is 4.74 Å². The van der Waals surface area contributed by atoms with Crippen molar-refractivity contribution >= 4 is 64.2 Å². The molecule has 0 saturated carbocycles. The molecule has 0 aliphatic carbocycles. The topological polar surface area (TPSA) is 135 Å². The summed E-state index contributed by atoms with van der Waals surface area (Å²) in [7, 11) is 0. The third-order valence-corrected chi connectivity index (χ3v) is 6.68. The van der Waals surface area contributed by atoms with Crippen molar-refractivity contribution in [2.45, 2.75) is 4.90 Å². The van der Waals surface area contributed by atoms with Crippen LogP contribution in [0.25, 0.3) is 6.08 Å². The van der Waals surface area contributed by atoms with E-state index >= 15 is 0 Å². The first-order valence-electron chi connectivity index (χ1n) is 10.1. The van der Waals surface area contributed by atoms with Crippen LogP contribution in [0.4, 0.5) is 10.5 Å². The number of amides is 4. The molecule has 3 heterocycles. The summed E-state index contributed by atoms with van der Waals surface area (Å²) in [6.07, 6.45) is 4.77. The summed E-state index contributed by atoms with van der Waals surface area (Å²) in [6.45, 7) is -0.534. The first kappa shape index (κ1) is 23.5. The van der Waals surface area contributed by atoms with Crippen LogP contribution >= 0.6 is 23.5 Å². The van der Waals surface area contributed by atoms with Gasteiger partial charge in [-0.15, -0.1) is 11.8 Å². The Morgan fingerprint density at radius 3 is 2.88 bits per heavy atom. The van der Waals surface area contributed by atoms with E-state index in [1.807, 2.05) is 0 Å². The number of thioether (sulfide) groups is 2. The van der Waals surface area contributed by atoms with Crippen LogP contribution in [0.15, 0.2) is 52.5 Å². The number of anilines is 1. The lowest BCUT2D eigenvalue weighted by molar-refractivity contribution is -0.125. The molecule has 0 spiro atoms. The lowest BCUT2D eigenvalue weighted by Gasteiger charge is -2.16. The summed E-state index contributed by atoms with van der Waals surface area (Å²) in [5.74, 6) is -1.58. The van der Waals surface area contributed by atoms with Gasteiger partial charge in [-0.25, -0.2) is 4.79 Å². The lowest BCUT2D eigenvalue weighted by Crippen LogP contribution is -2.38. The Morgan fingerprint density at radius 2 is 2.09 bits per heavy atom. The van der Waals surface area contributed by atoms with Gasteiger partial charge in [-0.3, -0.25) is 29.1 Å². The van der Waals surface area contributed by atoms with Gasteiger partial charge in [-0.05, 0) is 47.7 Å². The number of fused-ring (bicyclic) bond motifs is 1. The number of nitrogens with one attached hydrogen (secondary N) is 2. The van der Waals surface area contributed by atoms with Crippen LogP contribution < -0.4 is 10.6 Å². The zero-order valence-corrected chi connectivity index (χ0v) is 19.2. The van der Waals surface area contributed by atoms with Crippen molar-refractivity contribution < 1.29 is 28.7 Å². The average Bonchev–Trinajstić information content (AvgIpc) is 3.10. The Bertz CT molecular complexity index is 1200. The molecule has 34 heavy (non-hydrogen) atoms. The summed E-state index contributed by atoms with van der Waals surface area (Å²) < 4.78 is 5.02. The van der Waals surface area contributed by atoms with E-state index in [2.05, 4.69) is 15.6 Å². The van der Waals surface area contributed by atoms with E-state index in [-0.39, 0.29) is 29.5 Å².